The van der Waals surface area contributed by atoms with E-state index in [-0.39, 0.29) is 0 Å². The van der Waals surface area contributed by atoms with Gasteiger partial charge in [-0.2, -0.15) is 0 Å². The predicted octanol–water partition coefficient (Wildman–Crippen LogP) is 16.4. The lowest BCUT2D eigenvalue weighted by Crippen LogP contribution is -2.10. The van der Waals surface area contributed by atoms with Crippen molar-refractivity contribution in [3.63, 3.8) is 0 Å². The molecule has 0 radical (unpaired) electrons. The summed E-state index contributed by atoms with van der Waals surface area (Å²) >= 11 is 0. The zero-order chi connectivity index (χ0) is 39.1. The molecule has 11 rings (SSSR count). The fourth-order valence-electron chi connectivity index (χ4n) is 9.14. The summed E-state index contributed by atoms with van der Waals surface area (Å²) in [5.74, 6) is 0. The predicted molar refractivity (Wildman–Crippen MR) is 253 cm³/mol. The number of rotatable bonds is 7. The average molecular weight is 750 g/mol. The van der Waals surface area contributed by atoms with Crippen molar-refractivity contribution in [2.75, 3.05) is 4.90 Å². The smallest absolute Gasteiger partial charge is 0.0540 e. The van der Waals surface area contributed by atoms with Crippen molar-refractivity contribution in [1.29, 1.82) is 0 Å². The van der Waals surface area contributed by atoms with E-state index in [1.807, 2.05) is 0 Å². The number of anilines is 3. The number of nitrogens with zero attached hydrogens (tertiary/aromatic N) is 1. The van der Waals surface area contributed by atoms with Gasteiger partial charge in [0, 0.05) is 16.8 Å². The lowest BCUT2D eigenvalue weighted by atomic mass is 9.81. The Morgan fingerprint density at radius 2 is 0.763 bits per heavy atom. The van der Waals surface area contributed by atoms with E-state index in [0.29, 0.717) is 0 Å². The molecule has 0 bridgehead atoms. The van der Waals surface area contributed by atoms with Crippen molar-refractivity contribution in [2.45, 2.75) is 0 Å². The fraction of sp³-hybridized carbons (Fsp3) is 0. The first kappa shape index (κ1) is 34.5. The van der Waals surface area contributed by atoms with Gasteiger partial charge in [0.1, 0.15) is 0 Å². The quantitative estimate of drug-likeness (QED) is 0.147. The molecule has 0 heterocycles. The molecule has 0 aliphatic rings. The maximum atomic E-state index is 2.43. The number of hydrogen-bond donors (Lipinski definition) is 0. The molecule has 0 amide bonds. The first-order valence-corrected chi connectivity index (χ1v) is 20.3. The van der Waals surface area contributed by atoms with Crippen LogP contribution in [-0.4, -0.2) is 0 Å². The van der Waals surface area contributed by atoms with Gasteiger partial charge in [-0.05, 0) is 125 Å². The molecule has 0 fully saturated rings. The van der Waals surface area contributed by atoms with Crippen molar-refractivity contribution in [2.24, 2.45) is 0 Å². The van der Waals surface area contributed by atoms with E-state index < -0.39 is 0 Å². The zero-order valence-electron chi connectivity index (χ0n) is 32.5. The molecular weight excluding hydrogens is 711 g/mol. The van der Waals surface area contributed by atoms with Crippen LogP contribution >= 0.6 is 0 Å². The monoisotopic (exact) mass is 749 g/mol. The second kappa shape index (κ2) is 14.6. The van der Waals surface area contributed by atoms with E-state index >= 15 is 0 Å². The van der Waals surface area contributed by atoms with Gasteiger partial charge in [0.05, 0.1) is 5.69 Å². The van der Waals surface area contributed by atoms with Crippen LogP contribution in [0.15, 0.2) is 237 Å². The normalized spacial score (nSPS) is 11.4. The topological polar surface area (TPSA) is 3.24 Å². The molecule has 1 heteroatoms. The van der Waals surface area contributed by atoms with Crippen molar-refractivity contribution < 1.29 is 0 Å². The minimum absolute atomic E-state index is 1.11. The van der Waals surface area contributed by atoms with Crippen LogP contribution in [0.2, 0.25) is 0 Å². The highest BCUT2D eigenvalue weighted by Gasteiger charge is 2.22. The summed E-state index contributed by atoms with van der Waals surface area (Å²) in [7, 11) is 0. The molecule has 0 saturated carbocycles. The lowest BCUT2D eigenvalue weighted by molar-refractivity contribution is 1.30. The Morgan fingerprint density at radius 1 is 0.254 bits per heavy atom. The maximum absolute atomic E-state index is 2.43. The molecule has 0 aromatic heterocycles. The number of para-hydroxylation sites is 1. The molecule has 59 heavy (non-hydrogen) atoms. The van der Waals surface area contributed by atoms with Gasteiger partial charge in [0.15, 0.2) is 0 Å². The van der Waals surface area contributed by atoms with Crippen LogP contribution in [-0.2, 0) is 0 Å². The van der Waals surface area contributed by atoms with Crippen LogP contribution in [0.1, 0.15) is 0 Å². The first-order chi connectivity index (χ1) is 29.3. The number of hydrogen-bond acceptors (Lipinski definition) is 1. The minimum atomic E-state index is 1.11. The van der Waals surface area contributed by atoms with Gasteiger partial charge < -0.3 is 4.90 Å². The molecule has 0 saturated heterocycles. The molecule has 0 spiro atoms. The minimum Gasteiger partial charge on any atom is -0.310 e. The lowest BCUT2D eigenvalue weighted by Gasteiger charge is -2.27. The summed E-state index contributed by atoms with van der Waals surface area (Å²) in [6.45, 7) is 0. The van der Waals surface area contributed by atoms with Crippen LogP contribution in [0.25, 0.3) is 87.6 Å². The Bertz CT molecular complexity index is 3280. The molecule has 0 unspecified atom stereocenters. The van der Waals surface area contributed by atoms with Crippen molar-refractivity contribution >= 4 is 60.2 Å². The number of fused-ring (bicyclic) bond motifs is 7. The standard InChI is InChI=1S/C58H39N/c1-5-18-42(19-6-1)52-39-53(43-20-7-2-8-21-43)57-50-30-16-15-29-49(50)54-38-45(34-37-51(54)58(57)56(52)44-23-9-3-10-24-44)40-32-35-47(36-33-40)59(46-26-11-4-12-27-46)55-31-17-25-41-22-13-14-28-48(41)55/h1-39H. The Labute approximate surface area is 344 Å². The summed E-state index contributed by atoms with van der Waals surface area (Å²) in [6.07, 6.45) is 0. The summed E-state index contributed by atoms with van der Waals surface area (Å²) in [5, 5.41) is 10.0. The maximum Gasteiger partial charge on any atom is 0.0540 e. The molecule has 11 aromatic rings. The second-order valence-electron chi connectivity index (χ2n) is 15.2. The third kappa shape index (κ3) is 6.04. The largest absolute Gasteiger partial charge is 0.310 e. The van der Waals surface area contributed by atoms with Gasteiger partial charge in [0.2, 0.25) is 0 Å². The summed E-state index contributed by atoms with van der Waals surface area (Å²) in [6, 6.07) is 86.2. The van der Waals surface area contributed by atoms with Gasteiger partial charge in [-0.1, -0.05) is 194 Å². The summed E-state index contributed by atoms with van der Waals surface area (Å²) in [5.41, 5.74) is 13.1. The van der Waals surface area contributed by atoms with Crippen molar-refractivity contribution in [1.82, 2.24) is 0 Å². The van der Waals surface area contributed by atoms with Crippen molar-refractivity contribution in [3.05, 3.63) is 237 Å². The number of benzene rings is 11. The van der Waals surface area contributed by atoms with Gasteiger partial charge in [-0.15, -0.1) is 0 Å². The molecule has 1 nitrogen and oxygen atoms in total. The Balaban J connectivity index is 1.15. The Hall–Kier alpha value is -7.74. The van der Waals surface area contributed by atoms with E-state index in [4.69, 9.17) is 0 Å². The summed E-state index contributed by atoms with van der Waals surface area (Å²) in [4.78, 5) is 2.37. The molecular formula is C58H39N. The van der Waals surface area contributed by atoms with Crippen LogP contribution < -0.4 is 4.90 Å². The molecule has 276 valence electrons. The molecule has 0 aliphatic carbocycles. The zero-order valence-corrected chi connectivity index (χ0v) is 32.5. The van der Waals surface area contributed by atoms with E-state index in [2.05, 4.69) is 241 Å². The van der Waals surface area contributed by atoms with Crippen molar-refractivity contribution in [3.8, 4) is 44.5 Å². The molecule has 0 aliphatic heterocycles. The third-order valence-corrected chi connectivity index (χ3v) is 11.8. The molecule has 11 aromatic carbocycles. The van der Waals surface area contributed by atoms with Gasteiger partial charge in [0.25, 0.3) is 0 Å². The average Bonchev–Trinajstić information content (AvgIpc) is 3.32. The highest BCUT2D eigenvalue weighted by atomic mass is 15.1. The van der Waals surface area contributed by atoms with Crippen LogP contribution in [0.4, 0.5) is 17.1 Å². The van der Waals surface area contributed by atoms with Gasteiger partial charge in [-0.25, -0.2) is 0 Å². The first-order valence-electron chi connectivity index (χ1n) is 20.3. The van der Waals surface area contributed by atoms with Gasteiger partial charge >= 0.3 is 0 Å². The van der Waals surface area contributed by atoms with E-state index in [1.54, 1.807) is 0 Å². The summed E-state index contributed by atoms with van der Waals surface area (Å²) < 4.78 is 0. The van der Waals surface area contributed by atoms with E-state index in [1.165, 1.54) is 87.6 Å². The van der Waals surface area contributed by atoms with E-state index in [0.717, 1.165) is 17.1 Å². The highest BCUT2D eigenvalue weighted by Crippen LogP contribution is 2.49. The van der Waals surface area contributed by atoms with E-state index in [9.17, 15) is 0 Å². The highest BCUT2D eigenvalue weighted by molar-refractivity contribution is 6.33. The molecule has 0 N–H and O–H groups in total. The van der Waals surface area contributed by atoms with Gasteiger partial charge in [-0.3, -0.25) is 0 Å². The Morgan fingerprint density at radius 3 is 1.46 bits per heavy atom. The van der Waals surface area contributed by atoms with Crippen LogP contribution in [0.3, 0.4) is 0 Å². The second-order valence-corrected chi connectivity index (χ2v) is 15.2. The SMILES string of the molecule is c1ccc(-c2cc(-c3ccccc3)c3c4ccccc4c4cc(-c5ccc(N(c6ccccc6)c6cccc7ccccc67)cc5)ccc4c3c2-c2ccccc2)cc1. The van der Waals surface area contributed by atoms with Crippen LogP contribution in [0, 0.1) is 0 Å². The fourth-order valence-corrected chi connectivity index (χ4v) is 9.14. The third-order valence-electron chi connectivity index (χ3n) is 11.8. The Kier molecular flexibility index (Phi) is 8.56. The van der Waals surface area contributed by atoms with Crippen LogP contribution in [0.5, 0.6) is 0 Å². The molecule has 0 atom stereocenters.